The first-order valence-corrected chi connectivity index (χ1v) is 5.67. The Hall–Kier alpha value is -0.330. The van der Waals surface area contributed by atoms with Crippen LogP contribution in [0, 0.1) is 3.57 Å². The van der Waals surface area contributed by atoms with Crippen LogP contribution in [0.1, 0.15) is 5.56 Å². The van der Waals surface area contributed by atoms with Gasteiger partial charge in [-0.1, -0.05) is 0 Å². The fraction of sp³-hybridized carbons (Fsp3) is 0.111. The molecule has 0 bridgehead atoms. The molecule has 0 saturated carbocycles. The fourth-order valence-corrected chi connectivity index (χ4v) is 2.89. The van der Waals surface area contributed by atoms with Crippen LogP contribution in [-0.4, -0.2) is 10.2 Å². The molecule has 0 aliphatic heterocycles. The molecule has 1 heterocycles. The Morgan fingerprint density at radius 3 is 2.85 bits per heavy atom. The summed E-state index contributed by atoms with van der Waals surface area (Å²) in [6.07, 6.45) is 0. The molecule has 1 aromatic carbocycles. The number of hydrogen-bond acceptors (Lipinski definition) is 3. The highest BCUT2D eigenvalue weighted by atomic mass is 127. The number of thiophene rings is 1. The first-order valence-electron chi connectivity index (χ1n) is 3.72. The summed E-state index contributed by atoms with van der Waals surface area (Å²) in [6.45, 7) is 0.0174. The van der Waals surface area contributed by atoms with E-state index in [-0.39, 0.29) is 6.61 Å². The number of halogens is 1. The van der Waals surface area contributed by atoms with Gasteiger partial charge in [0.2, 0.25) is 0 Å². The summed E-state index contributed by atoms with van der Waals surface area (Å²) in [4.78, 5) is 0. The van der Waals surface area contributed by atoms with E-state index >= 15 is 0 Å². The summed E-state index contributed by atoms with van der Waals surface area (Å²) in [5.41, 5.74) is 0.863. The minimum atomic E-state index is 0.0174. The lowest BCUT2D eigenvalue weighted by Crippen LogP contribution is -1.86. The zero-order valence-corrected chi connectivity index (χ0v) is 9.59. The van der Waals surface area contributed by atoms with E-state index in [1.807, 2.05) is 12.1 Å². The highest BCUT2D eigenvalue weighted by molar-refractivity contribution is 14.1. The van der Waals surface area contributed by atoms with E-state index in [0.717, 1.165) is 19.2 Å². The van der Waals surface area contributed by atoms with Gasteiger partial charge >= 0.3 is 0 Å². The van der Waals surface area contributed by atoms with Gasteiger partial charge in [-0.05, 0) is 40.3 Å². The van der Waals surface area contributed by atoms with E-state index in [1.165, 1.54) is 11.3 Å². The Morgan fingerprint density at radius 1 is 1.38 bits per heavy atom. The lowest BCUT2D eigenvalue weighted by Gasteiger charge is -2.00. The Balaban J connectivity index is 2.77. The molecule has 2 aromatic rings. The zero-order chi connectivity index (χ0) is 9.42. The Bertz CT molecular complexity index is 450. The van der Waals surface area contributed by atoms with Crippen molar-refractivity contribution in [3.05, 3.63) is 26.6 Å². The van der Waals surface area contributed by atoms with Crippen LogP contribution in [0.5, 0.6) is 5.75 Å². The van der Waals surface area contributed by atoms with Gasteiger partial charge in [0.15, 0.2) is 0 Å². The lowest BCUT2D eigenvalue weighted by atomic mass is 10.2. The molecule has 4 heteroatoms. The van der Waals surface area contributed by atoms with Crippen LogP contribution in [0.15, 0.2) is 17.5 Å². The molecule has 13 heavy (non-hydrogen) atoms. The quantitative estimate of drug-likeness (QED) is 0.795. The monoisotopic (exact) mass is 306 g/mol. The van der Waals surface area contributed by atoms with Gasteiger partial charge in [0.05, 0.1) is 6.61 Å². The van der Waals surface area contributed by atoms with E-state index in [4.69, 9.17) is 5.11 Å². The van der Waals surface area contributed by atoms with Gasteiger partial charge in [0.1, 0.15) is 5.75 Å². The SMILES string of the molecule is OCc1cc2c(O)csc2cc1I. The summed E-state index contributed by atoms with van der Waals surface area (Å²) in [6, 6.07) is 3.81. The van der Waals surface area contributed by atoms with Crippen LogP contribution in [0.3, 0.4) is 0 Å². The molecule has 0 saturated heterocycles. The van der Waals surface area contributed by atoms with Gasteiger partial charge in [0, 0.05) is 19.0 Å². The van der Waals surface area contributed by atoms with Crippen LogP contribution >= 0.6 is 33.9 Å². The van der Waals surface area contributed by atoms with Crippen molar-refractivity contribution in [3.8, 4) is 5.75 Å². The molecule has 0 spiro atoms. The second-order valence-electron chi connectivity index (χ2n) is 2.72. The highest BCUT2D eigenvalue weighted by Crippen LogP contribution is 2.33. The molecular formula is C9H7IO2S. The molecule has 0 fully saturated rings. The number of benzene rings is 1. The topological polar surface area (TPSA) is 40.5 Å². The number of aromatic hydroxyl groups is 1. The summed E-state index contributed by atoms with van der Waals surface area (Å²) < 4.78 is 2.09. The van der Waals surface area contributed by atoms with Gasteiger partial charge in [-0.25, -0.2) is 0 Å². The highest BCUT2D eigenvalue weighted by Gasteiger charge is 2.06. The van der Waals surface area contributed by atoms with E-state index in [1.54, 1.807) is 5.38 Å². The average molecular weight is 306 g/mol. The van der Waals surface area contributed by atoms with Gasteiger partial charge < -0.3 is 10.2 Å². The maximum Gasteiger partial charge on any atom is 0.134 e. The number of hydrogen-bond donors (Lipinski definition) is 2. The van der Waals surface area contributed by atoms with Crippen LogP contribution in [0.2, 0.25) is 0 Å². The van der Waals surface area contributed by atoms with Gasteiger partial charge in [-0.2, -0.15) is 0 Å². The molecule has 2 N–H and O–H groups in total. The maximum absolute atomic E-state index is 9.45. The molecule has 0 amide bonds. The smallest absolute Gasteiger partial charge is 0.134 e. The molecule has 0 radical (unpaired) electrons. The third kappa shape index (κ3) is 1.53. The van der Waals surface area contributed by atoms with Gasteiger partial charge in [-0.15, -0.1) is 11.3 Å². The molecule has 1 aromatic heterocycles. The minimum Gasteiger partial charge on any atom is -0.506 e. The largest absolute Gasteiger partial charge is 0.506 e. The summed E-state index contributed by atoms with van der Waals surface area (Å²) >= 11 is 3.69. The van der Waals surface area contributed by atoms with Crippen LogP contribution in [0.25, 0.3) is 10.1 Å². The van der Waals surface area contributed by atoms with Crippen LogP contribution in [-0.2, 0) is 6.61 Å². The van der Waals surface area contributed by atoms with Crippen LogP contribution < -0.4 is 0 Å². The van der Waals surface area contributed by atoms with Crippen molar-refractivity contribution in [3.63, 3.8) is 0 Å². The summed E-state index contributed by atoms with van der Waals surface area (Å²) in [7, 11) is 0. The average Bonchev–Trinajstić information content (AvgIpc) is 2.46. The van der Waals surface area contributed by atoms with E-state index in [0.29, 0.717) is 5.75 Å². The van der Waals surface area contributed by atoms with Gasteiger partial charge in [-0.3, -0.25) is 0 Å². The Labute approximate surface area is 93.0 Å². The van der Waals surface area contributed by atoms with Crippen molar-refractivity contribution in [2.24, 2.45) is 0 Å². The van der Waals surface area contributed by atoms with E-state index in [2.05, 4.69) is 22.6 Å². The number of fused-ring (bicyclic) bond motifs is 1. The van der Waals surface area contributed by atoms with Crippen molar-refractivity contribution in [1.82, 2.24) is 0 Å². The minimum absolute atomic E-state index is 0.0174. The summed E-state index contributed by atoms with van der Waals surface area (Å²) in [5, 5.41) is 21.0. The van der Waals surface area contributed by atoms with Crippen molar-refractivity contribution in [1.29, 1.82) is 0 Å². The van der Waals surface area contributed by atoms with Crippen molar-refractivity contribution < 1.29 is 10.2 Å². The zero-order valence-electron chi connectivity index (χ0n) is 6.62. The Kier molecular flexibility index (Phi) is 2.44. The molecule has 0 aliphatic carbocycles. The molecule has 0 atom stereocenters. The predicted octanol–water partition coefficient (Wildman–Crippen LogP) is 2.70. The first-order chi connectivity index (χ1) is 6.22. The third-order valence-corrected chi connectivity index (χ3v) is 3.83. The lowest BCUT2D eigenvalue weighted by molar-refractivity contribution is 0.281. The second kappa shape index (κ2) is 3.43. The standard InChI is InChI=1S/C9H7IO2S/c10-7-2-9-6(1-5(7)3-11)8(12)4-13-9/h1-2,4,11-12H,3H2. The van der Waals surface area contributed by atoms with Gasteiger partial charge in [0.25, 0.3) is 0 Å². The molecular weight excluding hydrogens is 299 g/mol. The third-order valence-electron chi connectivity index (χ3n) is 1.89. The fourth-order valence-electron chi connectivity index (χ4n) is 1.20. The predicted molar refractivity (Wildman–Crippen MR) is 62.1 cm³/mol. The number of aliphatic hydroxyl groups excluding tert-OH is 1. The molecule has 0 aliphatic rings. The maximum atomic E-state index is 9.45. The van der Waals surface area contributed by atoms with Crippen molar-refractivity contribution in [2.45, 2.75) is 6.61 Å². The molecule has 0 unspecified atom stereocenters. The van der Waals surface area contributed by atoms with Crippen LogP contribution in [0.4, 0.5) is 0 Å². The molecule has 68 valence electrons. The molecule has 2 rings (SSSR count). The first kappa shape index (κ1) is 9.23. The van der Waals surface area contributed by atoms with E-state index < -0.39 is 0 Å². The summed E-state index contributed by atoms with van der Waals surface area (Å²) in [5.74, 6) is 0.297. The normalized spacial score (nSPS) is 10.9. The number of rotatable bonds is 1. The molecule has 2 nitrogen and oxygen atoms in total. The van der Waals surface area contributed by atoms with Crippen molar-refractivity contribution in [2.75, 3.05) is 0 Å². The number of aliphatic hydroxyl groups is 1. The second-order valence-corrected chi connectivity index (χ2v) is 4.79. The van der Waals surface area contributed by atoms with Crippen molar-refractivity contribution >= 4 is 44.0 Å². The Morgan fingerprint density at radius 2 is 2.15 bits per heavy atom. The van der Waals surface area contributed by atoms with E-state index in [9.17, 15) is 5.11 Å².